The third-order valence-corrected chi connectivity index (χ3v) is 4.89. The van der Waals surface area contributed by atoms with E-state index in [1.165, 1.54) is 0 Å². The van der Waals surface area contributed by atoms with Crippen molar-refractivity contribution in [2.24, 2.45) is 0 Å². The zero-order chi connectivity index (χ0) is 17.4. The Morgan fingerprint density at radius 2 is 2.00 bits per heavy atom. The van der Waals surface area contributed by atoms with Crippen LogP contribution >= 0.6 is 11.7 Å². The smallest absolute Gasteiger partial charge is 0.255 e. The maximum Gasteiger partial charge on any atom is 0.255 e. The van der Waals surface area contributed by atoms with Gasteiger partial charge in [0.1, 0.15) is 11.0 Å². The second kappa shape index (κ2) is 6.25. The summed E-state index contributed by atoms with van der Waals surface area (Å²) in [6, 6.07) is 10.9. The van der Waals surface area contributed by atoms with Crippen LogP contribution in [-0.4, -0.2) is 27.1 Å². The molecule has 4 rings (SSSR count). The molecule has 2 heterocycles. The number of hydrogen-bond acceptors (Lipinski definition) is 5. The van der Waals surface area contributed by atoms with Crippen molar-refractivity contribution >= 4 is 46.0 Å². The standard InChI is InChI=1S/C18H16N4O2S/c1-11-9-13(5-7-16(11)22-8-2-3-17(22)23)19-18(24)12-4-6-14-15(10-12)21-25-20-14/h4-7,9-10H,2-3,8H2,1H3,(H,19,24). The number of carbonyl (C=O) groups excluding carboxylic acids is 2. The third-order valence-electron chi connectivity index (χ3n) is 4.33. The fraction of sp³-hybridized carbons (Fsp3) is 0.222. The van der Waals surface area contributed by atoms with Gasteiger partial charge in [-0.05, 0) is 55.3 Å². The van der Waals surface area contributed by atoms with E-state index in [0.29, 0.717) is 17.7 Å². The van der Waals surface area contributed by atoms with Gasteiger partial charge in [-0.1, -0.05) is 0 Å². The van der Waals surface area contributed by atoms with Gasteiger partial charge in [0.2, 0.25) is 5.91 Å². The van der Waals surface area contributed by atoms with Gasteiger partial charge in [0.25, 0.3) is 5.91 Å². The highest BCUT2D eigenvalue weighted by molar-refractivity contribution is 7.00. The Labute approximate surface area is 148 Å². The van der Waals surface area contributed by atoms with Crippen molar-refractivity contribution in [1.29, 1.82) is 0 Å². The van der Waals surface area contributed by atoms with E-state index in [-0.39, 0.29) is 11.8 Å². The van der Waals surface area contributed by atoms with Crippen molar-refractivity contribution in [2.45, 2.75) is 19.8 Å². The second-order valence-electron chi connectivity index (χ2n) is 6.07. The molecule has 1 aliphatic rings. The first-order chi connectivity index (χ1) is 12.1. The average Bonchev–Trinajstić information content (AvgIpc) is 3.23. The predicted molar refractivity (Wildman–Crippen MR) is 98.1 cm³/mol. The average molecular weight is 352 g/mol. The third kappa shape index (κ3) is 2.98. The zero-order valence-corrected chi connectivity index (χ0v) is 14.5. The van der Waals surface area contributed by atoms with Crippen molar-refractivity contribution in [3.63, 3.8) is 0 Å². The van der Waals surface area contributed by atoms with Crippen LogP contribution < -0.4 is 10.2 Å². The van der Waals surface area contributed by atoms with Gasteiger partial charge >= 0.3 is 0 Å². The number of hydrogen-bond donors (Lipinski definition) is 1. The number of amides is 2. The minimum atomic E-state index is -0.195. The molecule has 1 N–H and O–H groups in total. The van der Waals surface area contributed by atoms with Crippen LogP contribution in [0.15, 0.2) is 36.4 Å². The van der Waals surface area contributed by atoms with Gasteiger partial charge in [0.05, 0.1) is 11.7 Å². The first-order valence-electron chi connectivity index (χ1n) is 8.06. The van der Waals surface area contributed by atoms with E-state index in [1.54, 1.807) is 18.2 Å². The molecule has 1 aliphatic heterocycles. The number of nitrogens with one attached hydrogen (secondary N) is 1. The number of benzene rings is 2. The molecular formula is C18H16N4O2S. The summed E-state index contributed by atoms with van der Waals surface area (Å²) in [7, 11) is 0. The van der Waals surface area contributed by atoms with Crippen molar-refractivity contribution in [3.8, 4) is 0 Å². The summed E-state index contributed by atoms with van der Waals surface area (Å²) in [5.74, 6) is -0.0376. The van der Waals surface area contributed by atoms with Gasteiger partial charge in [-0.25, -0.2) is 0 Å². The summed E-state index contributed by atoms with van der Waals surface area (Å²) < 4.78 is 8.29. The van der Waals surface area contributed by atoms with Gasteiger partial charge in [-0.2, -0.15) is 8.75 Å². The minimum absolute atomic E-state index is 0.157. The molecule has 2 amide bonds. The molecular weight excluding hydrogens is 336 g/mol. The molecule has 0 radical (unpaired) electrons. The number of aryl methyl sites for hydroxylation is 1. The van der Waals surface area contributed by atoms with Crippen molar-refractivity contribution in [3.05, 3.63) is 47.5 Å². The van der Waals surface area contributed by atoms with Gasteiger partial charge in [-0.3, -0.25) is 9.59 Å². The summed E-state index contributed by atoms with van der Waals surface area (Å²) in [4.78, 5) is 26.2. The molecule has 1 fully saturated rings. The first-order valence-corrected chi connectivity index (χ1v) is 8.79. The predicted octanol–water partition coefficient (Wildman–Crippen LogP) is 3.38. The Balaban J connectivity index is 1.54. The Hall–Kier alpha value is -2.80. The van der Waals surface area contributed by atoms with Crippen LogP contribution in [0.5, 0.6) is 0 Å². The molecule has 0 unspecified atom stereocenters. The van der Waals surface area contributed by atoms with Gasteiger partial charge < -0.3 is 10.2 Å². The van der Waals surface area contributed by atoms with E-state index in [4.69, 9.17) is 0 Å². The Morgan fingerprint density at radius 3 is 2.76 bits per heavy atom. The van der Waals surface area contributed by atoms with Crippen LogP contribution in [-0.2, 0) is 4.79 Å². The number of aromatic nitrogens is 2. The number of carbonyl (C=O) groups is 2. The quantitative estimate of drug-likeness (QED) is 0.784. The van der Waals surface area contributed by atoms with Gasteiger partial charge in [-0.15, -0.1) is 0 Å². The van der Waals surface area contributed by atoms with E-state index in [9.17, 15) is 9.59 Å². The molecule has 0 bridgehead atoms. The zero-order valence-electron chi connectivity index (χ0n) is 13.7. The van der Waals surface area contributed by atoms with Crippen LogP contribution in [0.3, 0.4) is 0 Å². The Bertz CT molecular complexity index is 982. The van der Waals surface area contributed by atoms with E-state index in [2.05, 4.69) is 14.1 Å². The highest BCUT2D eigenvalue weighted by Crippen LogP contribution is 2.27. The van der Waals surface area contributed by atoms with Gasteiger partial charge in [0, 0.05) is 29.9 Å². The lowest BCUT2D eigenvalue weighted by Crippen LogP contribution is -2.24. The van der Waals surface area contributed by atoms with E-state index in [0.717, 1.165) is 47.0 Å². The number of anilines is 2. The molecule has 6 nitrogen and oxygen atoms in total. The molecule has 7 heteroatoms. The van der Waals surface area contributed by atoms with Crippen LogP contribution in [0, 0.1) is 6.92 Å². The monoisotopic (exact) mass is 352 g/mol. The van der Waals surface area contributed by atoms with E-state index < -0.39 is 0 Å². The SMILES string of the molecule is Cc1cc(NC(=O)c2ccc3nsnc3c2)ccc1N1CCCC1=O. The number of nitrogens with zero attached hydrogens (tertiary/aromatic N) is 3. The summed E-state index contributed by atoms with van der Waals surface area (Å²) >= 11 is 1.13. The molecule has 0 aliphatic carbocycles. The number of rotatable bonds is 3. The largest absolute Gasteiger partial charge is 0.322 e. The summed E-state index contributed by atoms with van der Waals surface area (Å²) in [5, 5.41) is 2.90. The Kier molecular flexibility index (Phi) is 3.93. The van der Waals surface area contributed by atoms with Crippen molar-refractivity contribution < 1.29 is 9.59 Å². The molecule has 2 aromatic carbocycles. The lowest BCUT2D eigenvalue weighted by Gasteiger charge is -2.19. The maximum atomic E-state index is 12.5. The molecule has 1 aromatic heterocycles. The van der Waals surface area contributed by atoms with Crippen LogP contribution in [0.4, 0.5) is 11.4 Å². The van der Waals surface area contributed by atoms with E-state index >= 15 is 0 Å². The van der Waals surface area contributed by atoms with Gasteiger partial charge in [0.15, 0.2) is 0 Å². The van der Waals surface area contributed by atoms with Crippen molar-refractivity contribution in [2.75, 3.05) is 16.8 Å². The van der Waals surface area contributed by atoms with Crippen LogP contribution in [0.2, 0.25) is 0 Å². The normalized spacial score (nSPS) is 14.3. The number of fused-ring (bicyclic) bond motifs is 1. The highest BCUT2D eigenvalue weighted by atomic mass is 32.1. The fourth-order valence-corrected chi connectivity index (χ4v) is 3.58. The summed E-state index contributed by atoms with van der Waals surface area (Å²) in [5.41, 5.74) is 4.63. The topological polar surface area (TPSA) is 75.2 Å². The second-order valence-corrected chi connectivity index (χ2v) is 6.60. The molecule has 0 atom stereocenters. The van der Waals surface area contributed by atoms with Crippen molar-refractivity contribution in [1.82, 2.24) is 8.75 Å². The summed E-state index contributed by atoms with van der Waals surface area (Å²) in [6.07, 6.45) is 1.50. The fourth-order valence-electron chi connectivity index (χ4n) is 3.07. The molecule has 0 spiro atoms. The molecule has 1 saturated heterocycles. The van der Waals surface area contributed by atoms with Crippen LogP contribution in [0.25, 0.3) is 11.0 Å². The van der Waals surface area contributed by atoms with Crippen LogP contribution in [0.1, 0.15) is 28.8 Å². The molecule has 0 saturated carbocycles. The lowest BCUT2D eigenvalue weighted by atomic mass is 10.1. The highest BCUT2D eigenvalue weighted by Gasteiger charge is 2.23. The molecule has 25 heavy (non-hydrogen) atoms. The lowest BCUT2D eigenvalue weighted by molar-refractivity contribution is -0.117. The maximum absolute atomic E-state index is 12.5. The first kappa shape index (κ1) is 15.7. The molecule has 3 aromatic rings. The minimum Gasteiger partial charge on any atom is -0.322 e. The summed E-state index contributed by atoms with van der Waals surface area (Å²) in [6.45, 7) is 2.71. The Morgan fingerprint density at radius 1 is 1.16 bits per heavy atom. The molecule has 126 valence electrons. The van der Waals surface area contributed by atoms with E-state index in [1.807, 2.05) is 30.0 Å².